The van der Waals surface area contributed by atoms with Gasteiger partial charge in [0.25, 0.3) is 0 Å². The van der Waals surface area contributed by atoms with Gasteiger partial charge in [0.2, 0.25) is 5.91 Å². The number of morpholine rings is 1. The maximum Gasteiger partial charge on any atom is 0.389 e. The monoisotopic (exact) mass is 370 g/mol. The third-order valence-corrected chi connectivity index (χ3v) is 5.16. The van der Waals surface area contributed by atoms with Crippen molar-refractivity contribution in [3.8, 4) is 0 Å². The van der Waals surface area contributed by atoms with Gasteiger partial charge in [-0.2, -0.15) is 13.2 Å². The zero-order valence-electron chi connectivity index (χ0n) is 14.7. The first kappa shape index (κ1) is 19.2. The Balaban J connectivity index is 1.62. The highest BCUT2D eigenvalue weighted by atomic mass is 19.4. The van der Waals surface area contributed by atoms with Crippen LogP contribution in [0.15, 0.2) is 24.3 Å². The summed E-state index contributed by atoms with van der Waals surface area (Å²) >= 11 is 0. The summed E-state index contributed by atoms with van der Waals surface area (Å²) in [5.74, 6) is -0.149. The highest BCUT2D eigenvalue weighted by Gasteiger charge is 2.35. The number of hydrogen-bond donors (Lipinski definition) is 1. The summed E-state index contributed by atoms with van der Waals surface area (Å²) in [6, 6.07) is 6.73. The molecule has 1 saturated carbocycles. The van der Waals surface area contributed by atoms with Crippen molar-refractivity contribution >= 4 is 11.6 Å². The van der Waals surface area contributed by atoms with Crippen LogP contribution in [0.4, 0.5) is 18.9 Å². The number of halogens is 3. The van der Waals surface area contributed by atoms with Gasteiger partial charge < -0.3 is 10.1 Å². The Morgan fingerprint density at radius 2 is 2.04 bits per heavy atom. The second-order valence-electron chi connectivity index (χ2n) is 7.07. The quantitative estimate of drug-likeness (QED) is 0.858. The molecule has 144 valence electrons. The molecule has 26 heavy (non-hydrogen) atoms. The number of nitrogens with zero attached hydrogens (tertiary/aromatic N) is 1. The van der Waals surface area contributed by atoms with Crippen LogP contribution >= 0.6 is 0 Å². The number of rotatable bonds is 5. The first-order valence-electron chi connectivity index (χ1n) is 9.22. The SMILES string of the molecule is O=C(Nc1cccc(CCC(F)(F)F)c1)C1COCCN1C1CCCC1. The molecule has 1 aromatic carbocycles. The second-order valence-corrected chi connectivity index (χ2v) is 7.07. The molecule has 7 heteroatoms. The Kier molecular flexibility index (Phi) is 6.19. The number of benzene rings is 1. The summed E-state index contributed by atoms with van der Waals surface area (Å²) in [6.45, 7) is 1.73. The summed E-state index contributed by atoms with van der Waals surface area (Å²) in [7, 11) is 0. The van der Waals surface area contributed by atoms with Crippen LogP contribution in [-0.2, 0) is 16.0 Å². The van der Waals surface area contributed by atoms with Crippen LogP contribution in [0, 0.1) is 0 Å². The predicted octanol–water partition coefficient (Wildman–Crippen LogP) is 3.76. The number of aryl methyl sites for hydroxylation is 1. The van der Waals surface area contributed by atoms with Crippen molar-refractivity contribution in [1.82, 2.24) is 4.90 Å². The number of nitrogens with one attached hydrogen (secondary N) is 1. The van der Waals surface area contributed by atoms with Gasteiger partial charge in [-0.1, -0.05) is 25.0 Å². The Labute approximate surface area is 151 Å². The number of ether oxygens (including phenoxy) is 1. The standard InChI is InChI=1S/C19H25F3N2O2/c20-19(21,22)9-8-14-4-3-5-15(12-14)23-18(25)17-13-26-11-10-24(17)16-6-1-2-7-16/h3-5,12,16-17H,1-2,6-11,13H2,(H,23,25). The lowest BCUT2D eigenvalue weighted by Gasteiger charge is -2.38. The van der Waals surface area contributed by atoms with Crippen LogP contribution in [0.5, 0.6) is 0 Å². The number of carbonyl (C=O) groups is 1. The lowest BCUT2D eigenvalue weighted by molar-refractivity contribution is -0.134. The maximum atomic E-state index is 12.8. The van der Waals surface area contributed by atoms with Gasteiger partial charge in [0, 0.05) is 24.7 Å². The van der Waals surface area contributed by atoms with Crippen molar-refractivity contribution in [2.45, 2.75) is 56.8 Å². The summed E-state index contributed by atoms with van der Waals surface area (Å²) in [4.78, 5) is 15.0. The number of anilines is 1. The van der Waals surface area contributed by atoms with Gasteiger partial charge in [0.1, 0.15) is 6.04 Å². The summed E-state index contributed by atoms with van der Waals surface area (Å²) < 4.78 is 42.7. The lowest BCUT2D eigenvalue weighted by Crippen LogP contribution is -2.55. The van der Waals surface area contributed by atoms with Gasteiger partial charge in [0.05, 0.1) is 13.2 Å². The molecule has 0 aromatic heterocycles. The normalized spacial score (nSPS) is 22.5. The zero-order valence-corrected chi connectivity index (χ0v) is 14.7. The van der Waals surface area contributed by atoms with E-state index in [4.69, 9.17) is 4.74 Å². The van der Waals surface area contributed by atoms with E-state index in [1.807, 2.05) is 0 Å². The Morgan fingerprint density at radius 3 is 2.77 bits per heavy atom. The third-order valence-electron chi connectivity index (χ3n) is 5.16. The van der Waals surface area contributed by atoms with Crippen LogP contribution in [0.2, 0.25) is 0 Å². The van der Waals surface area contributed by atoms with Crippen LogP contribution in [-0.4, -0.2) is 48.8 Å². The molecule has 2 fully saturated rings. The molecule has 1 aromatic rings. The molecule has 1 saturated heterocycles. The van der Waals surface area contributed by atoms with E-state index in [0.29, 0.717) is 30.5 Å². The molecule has 2 aliphatic rings. The fraction of sp³-hybridized carbons (Fsp3) is 0.632. The fourth-order valence-electron chi connectivity index (χ4n) is 3.83. The molecule has 0 radical (unpaired) electrons. The fourth-order valence-corrected chi connectivity index (χ4v) is 3.83. The Hall–Kier alpha value is -1.60. The molecule has 1 aliphatic heterocycles. The lowest BCUT2D eigenvalue weighted by atomic mass is 10.1. The summed E-state index contributed by atoms with van der Waals surface area (Å²) in [6.07, 6.45) is -0.534. The van der Waals surface area contributed by atoms with E-state index in [1.54, 1.807) is 24.3 Å². The molecular weight excluding hydrogens is 345 g/mol. The minimum Gasteiger partial charge on any atom is -0.378 e. The van der Waals surface area contributed by atoms with E-state index >= 15 is 0 Å². The van der Waals surface area contributed by atoms with E-state index in [1.165, 1.54) is 12.8 Å². The maximum absolute atomic E-state index is 12.8. The number of amides is 1. The largest absolute Gasteiger partial charge is 0.389 e. The smallest absolute Gasteiger partial charge is 0.378 e. The molecular formula is C19H25F3N2O2. The molecule has 1 N–H and O–H groups in total. The first-order valence-corrected chi connectivity index (χ1v) is 9.22. The molecule has 1 aliphatic carbocycles. The van der Waals surface area contributed by atoms with Crippen LogP contribution in [0.25, 0.3) is 0 Å². The molecule has 0 spiro atoms. The Morgan fingerprint density at radius 1 is 1.27 bits per heavy atom. The number of hydrogen-bond acceptors (Lipinski definition) is 3. The van der Waals surface area contributed by atoms with Gasteiger partial charge in [-0.05, 0) is 37.0 Å². The topological polar surface area (TPSA) is 41.6 Å². The van der Waals surface area contributed by atoms with E-state index in [-0.39, 0.29) is 18.4 Å². The van der Waals surface area contributed by atoms with Crippen molar-refractivity contribution in [3.63, 3.8) is 0 Å². The Bertz CT molecular complexity index is 615. The van der Waals surface area contributed by atoms with E-state index in [9.17, 15) is 18.0 Å². The summed E-state index contributed by atoms with van der Waals surface area (Å²) in [5, 5.41) is 2.86. The van der Waals surface area contributed by atoms with E-state index in [2.05, 4.69) is 10.2 Å². The van der Waals surface area contributed by atoms with Crippen LogP contribution in [0.1, 0.15) is 37.7 Å². The van der Waals surface area contributed by atoms with Gasteiger partial charge in [-0.3, -0.25) is 9.69 Å². The second kappa shape index (κ2) is 8.39. The molecule has 1 unspecified atom stereocenters. The van der Waals surface area contributed by atoms with Gasteiger partial charge >= 0.3 is 6.18 Å². The molecule has 1 heterocycles. The van der Waals surface area contributed by atoms with Crippen molar-refractivity contribution in [3.05, 3.63) is 29.8 Å². The number of carbonyl (C=O) groups excluding carboxylic acids is 1. The molecule has 1 amide bonds. The minimum absolute atomic E-state index is 0.0893. The van der Waals surface area contributed by atoms with Crippen molar-refractivity contribution in [2.75, 3.05) is 25.1 Å². The average molecular weight is 370 g/mol. The predicted molar refractivity (Wildman–Crippen MR) is 93.0 cm³/mol. The molecule has 1 atom stereocenters. The zero-order chi connectivity index (χ0) is 18.6. The third kappa shape index (κ3) is 5.20. The van der Waals surface area contributed by atoms with Crippen molar-refractivity contribution < 1.29 is 22.7 Å². The average Bonchev–Trinajstić information content (AvgIpc) is 3.14. The molecule has 4 nitrogen and oxygen atoms in total. The first-order chi connectivity index (χ1) is 12.4. The van der Waals surface area contributed by atoms with Crippen molar-refractivity contribution in [2.24, 2.45) is 0 Å². The molecule has 3 rings (SSSR count). The van der Waals surface area contributed by atoms with E-state index < -0.39 is 12.6 Å². The van der Waals surface area contributed by atoms with Crippen LogP contribution in [0.3, 0.4) is 0 Å². The minimum atomic E-state index is -4.18. The van der Waals surface area contributed by atoms with E-state index in [0.717, 1.165) is 19.4 Å². The van der Waals surface area contributed by atoms with Crippen molar-refractivity contribution in [1.29, 1.82) is 0 Å². The summed E-state index contributed by atoms with van der Waals surface area (Å²) in [5.41, 5.74) is 1.10. The van der Waals surface area contributed by atoms with Gasteiger partial charge in [0.15, 0.2) is 0 Å². The molecule has 0 bridgehead atoms. The number of alkyl halides is 3. The highest BCUT2D eigenvalue weighted by Crippen LogP contribution is 2.27. The van der Waals surface area contributed by atoms with Gasteiger partial charge in [-0.15, -0.1) is 0 Å². The highest BCUT2D eigenvalue weighted by molar-refractivity contribution is 5.95. The van der Waals surface area contributed by atoms with Crippen LogP contribution < -0.4 is 5.32 Å². The van der Waals surface area contributed by atoms with Gasteiger partial charge in [-0.25, -0.2) is 0 Å².